The largest absolute Gasteiger partial charge is 0.366 e. The molecule has 4 nitrogen and oxygen atoms in total. The topological polar surface area (TPSA) is 72.4 Å². The monoisotopic (exact) mass is 245 g/mol. The second-order valence-electron chi connectivity index (χ2n) is 5.44. The molecule has 0 saturated carbocycles. The Balaban J connectivity index is 1.91. The SMILES string of the molecule is NC(=O)c1cccc(N2C3CCC2CC(N)C3)c1. The molecule has 2 heterocycles. The van der Waals surface area contributed by atoms with Crippen LogP contribution >= 0.6 is 0 Å². The molecule has 2 aliphatic heterocycles. The average Bonchev–Trinajstić information content (AvgIpc) is 2.62. The Labute approximate surface area is 107 Å². The van der Waals surface area contributed by atoms with Crippen LogP contribution in [-0.2, 0) is 0 Å². The molecule has 2 aliphatic rings. The summed E-state index contributed by atoms with van der Waals surface area (Å²) in [6.45, 7) is 0. The predicted octanol–water partition coefficient (Wildman–Crippen LogP) is 1.24. The molecule has 18 heavy (non-hydrogen) atoms. The molecule has 0 spiro atoms. The van der Waals surface area contributed by atoms with Crippen molar-refractivity contribution in [2.45, 2.75) is 43.8 Å². The number of hydrogen-bond acceptors (Lipinski definition) is 3. The molecule has 4 N–H and O–H groups in total. The lowest BCUT2D eigenvalue weighted by atomic mass is 9.97. The van der Waals surface area contributed by atoms with Crippen molar-refractivity contribution in [1.29, 1.82) is 0 Å². The first-order chi connectivity index (χ1) is 8.65. The van der Waals surface area contributed by atoms with Crippen LogP contribution in [0.2, 0.25) is 0 Å². The molecular weight excluding hydrogens is 226 g/mol. The second kappa shape index (κ2) is 4.28. The lowest BCUT2D eigenvalue weighted by Gasteiger charge is -2.39. The van der Waals surface area contributed by atoms with Crippen molar-refractivity contribution in [3.63, 3.8) is 0 Å². The molecule has 96 valence electrons. The van der Waals surface area contributed by atoms with Gasteiger partial charge in [-0.05, 0) is 43.9 Å². The number of carbonyl (C=O) groups excluding carboxylic acids is 1. The summed E-state index contributed by atoms with van der Waals surface area (Å²) in [4.78, 5) is 13.7. The number of hydrogen-bond donors (Lipinski definition) is 2. The number of fused-ring (bicyclic) bond motifs is 2. The molecule has 1 aromatic rings. The van der Waals surface area contributed by atoms with Crippen molar-refractivity contribution < 1.29 is 4.79 Å². The molecule has 2 saturated heterocycles. The first-order valence-electron chi connectivity index (χ1n) is 6.59. The van der Waals surface area contributed by atoms with Crippen LogP contribution < -0.4 is 16.4 Å². The quantitative estimate of drug-likeness (QED) is 0.823. The molecule has 2 unspecified atom stereocenters. The lowest BCUT2D eigenvalue weighted by Crippen LogP contribution is -2.47. The molecule has 4 heteroatoms. The third kappa shape index (κ3) is 1.86. The Hall–Kier alpha value is -1.55. The maximum Gasteiger partial charge on any atom is 0.248 e. The predicted molar refractivity (Wildman–Crippen MR) is 71.5 cm³/mol. The van der Waals surface area contributed by atoms with Crippen molar-refractivity contribution >= 4 is 11.6 Å². The van der Waals surface area contributed by atoms with Crippen LogP contribution in [0.5, 0.6) is 0 Å². The van der Waals surface area contributed by atoms with E-state index in [9.17, 15) is 4.79 Å². The van der Waals surface area contributed by atoms with Gasteiger partial charge in [-0.2, -0.15) is 0 Å². The zero-order chi connectivity index (χ0) is 12.7. The van der Waals surface area contributed by atoms with Crippen molar-refractivity contribution in [3.8, 4) is 0 Å². The molecule has 2 fully saturated rings. The number of nitrogens with two attached hydrogens (primary N) is 2. The Kier molecular flexibility index (Phi) is 2.74. The van der Waals surface area contributed by atoms with Gasteiger partial charge in [0, 0.05) is 29.4 Å². The molecule has 0 aliphatic carbocycles. The van der Waals surface area contributed by atoms with Gasteiger partial charge in [-0.15, -0.1) is 0 Å². The van der Waals surface area contributed by atoms with Gasteiger partial charge in [-0.1, -0.05) is 6.07 Å². The van der Waals surface area contributed by atoms with Crippen LogP contribution in [0, 0.1) is 0 Å². The Morgan fingerprint density at radius 2 is 1.89 bits per heavy atom. The van der Waals surface area contributed by atoms with Crippen LogP contribution in [0.1, 0.15) is 36.0 Å². The van der Waals surface area contributed by atoms with E-state index < -0.39 is 0 Å². The number of nitrogens with zero attached hydrogens (tertiary/aromatic N) is 1. The fourth-order valence-corrected chi connectivity index (χ4v) is 3.46. The number of amides is 1. The van der Waals surface area contributed by atoms with Gasteiger partial charge >= 0.3 is 0 Å². The van der Waals surface area contributed by atoms with Crippen LogP contribution in [0.3, 0.4) is 0 Å². The molecule has 1 amide bonds. The molecule has 3 rings (SSSR count). The zero-order valence-corrected chi connectivity index (χ0v) is 10.4. The average molecular weight is 245 g/mol. The van der Waals surface area contributed by atoms with E-state index in [-0.39, 0.29) is 5.91 Å². The summed E-state index contributed by atoms with van der Waals surface area (Å²) in [6.07, 6.45) is 4.52. The van der Waals surface area contributed by atoms with E-state index in [2.05, 4.69) is 11.0 Å². The number of piperidine rings is 1. The van der Waals surface area contributed by atoms with Crippen LogP contribution in [-0.4, -0.2) is 24.0 Å². The number of anilines is 1. The summed E-state index contributed by atoms with van der Waals surface area (Å²) >= 11 is 0. The van der Waals surface area contributed by atoms with E-state index in [1.54, 1.807) is 6.07 Å². The highest BCUT2D eigenvalue weighted by atomic mass is 16.1. The van der Waals surface area contributed by atoms with E-state index in [0.29, 0.717) is 23.7 Å². The maximum absolute atomic E-state index is 11.3. The van der Waals surface area contributed by atoms with E-state index in [4.69, 9.17) is 11.5 Å². The minimum Gasteiger partial charge on any atom is -0.366 e. The van der Waals surface area contributed by atoms with Gasteiger partial charge in [-0.25, -0.2) is 0 Å². The minimum absolute atomic E-state index is 0.332. The van der Waals surface area contributed by atoms with Gasteiger partial charge in [0.2, 0.25) is 5.91 Å². The van der Waals surface area contributed by atoms with Crippen LogP contribution in [0.25, 0.3) is 0 Å². The van der Waals surface area contributed by atoms with E-state index in [1.165, 1.54) is 12.8 Å². The van der Waals surface area contributed by atoms with Gasteiger partial charge in [0.1, 0.15) is 0 Å². The number of benzene rings is 1. The fraction of sp³-hybridized carbons (Fsp3) is 0.500. The highest BCUT2D eigenvalue weighted by Gasteiger charge is 2.39. The van der Waals surface area contributed by atoms with Crippen LogP contribution in [0.15, 0.2) is 24.3 Å². The fourth-order valence-electron chi connectivity index (χ4n) is 3.46. The summed E-state index contributed by atoms with van der Waals surface area (Å²) in [6, 6.07) is 9.04. The summed E-state index contributed by atoms with van der Waals surface area (Å²) in [5.74, 6) is -0.363. The summed E-state index contributed by atoms with van der Waals surface area (Å²) in [5, 5.41) is 0. The van der Waals surface area contributed by atoms with Gasteiger partial charge in [0.25, 0.3) is 0 Å². The highest BCUT2D eigenvalue weighted by Crippen LogP contribution is 2.38. The van der Waals surface area contributed by atoms with Crippen molar-refractivity contribution in [1.82, 2.24) is 0 Å². The van der Waals surface area contributed by atoms with Crippen molar-refractivity contribution in [2.75, 3.05) is 4.90 Å². The molecule has 0 aromatic heterocycles. The molecular formula is C14H19N3O. The van der Waals surface area contributed by atoms with Crippen molar-refractivity contribution in [2.24, 2.45) is 11.5 Å². The number of rotatable bonds is 2. The smallest absolute Gasteiger partial charge is 0.248 e. The highest BCUT2D eigenvalue weighted by molar-refractivity contribution is 5.93. The summed E-state index contributed by atoms with van der Waals surface area (Å²) in [7, 11) is 0. The third-order valence-electron chi connectivity index (χ3n) is 4.20. The second-order valence-corrected chi connectivity index (χ2v) is 5.44. The molecule has 0 radical (unpaired) electrons. The van der Waals surface area contributed by atoms with Gasteiger partial charge < -0.3 is 16.4 Å². The zero-order valence-electron chi connectivity index (χ0n) is 10.4. The normalized spacial score (nSPS) is 30.5. The summed E-state index contributed by atoms with van der Waals surface area (Å²) < 4.78 is 0. The maximum atomic E-state index is 11.3. The molecule has 1 aromatic carbocycles. The lowest BCUT2D eigenvalue weighted by molar-refractivity contribution is 0.100. The summed E-state index contributed by atoms with van der Waals surface area (Å²) in [5.41, 5.74) is 13.1. The van der Waals surface area contributed by atoms with Gasteiger partial charge in [-0.3, -0.25) is 4.79 Å². The first kappa shape index (κ1) is 11.5. The Bertz CT molecular complexity index is 460. The van der Waals surface area contributed by atoms with E-state index in [1.807, 2.05) is 12.1 Å². The van der Waals surface area contributed by atoms with Gasteiger partial charge in [0.05, 0.1) is 0 Å². The standard InChI is InChI=1S/C14H19N3O/c15-10-7-12-4-5-13(8-10)17(12)11-3-1-2-9(6-11)14(16)18/h1-3,6,10,12-13H,4-5,7-8,15H2,(H2,16,18). The minimum atomic E-state index is -0.363. The number of carbonyl (C=O) groups is 1. The first-order valence-corrected chi connectivity index (χ1v) is 6.59. The Morgan fingerprint density at radius 3 is 2.50 bits per heavy atom. The van der Waals surface area contributed by atoms with E-state index in [0.717, 1.165) is 18.5 Å². The number of primary amides is 1. The Morgan fingerprint density at radius 1 is 1.22 bits per heavy atom. The molecule has 2 bridgehead atoms. The third-order valence-corrected chi connectivity index (χ3v) is 4.20. The van der Waals surface area contributed by atoms with E-state index >= 15 is 0 Å². The van der Waals surface area contributed by atoms with Crippen LogP contribution in [0.4, 0.5) is 5.69 Å². The molecule has 2 atom stereocenters. The van der Waals surface area contributed by atoms with Gasteiger partial charge in [0.15, 0.2) is 0 Å². The van der Waals surface area contributed by atoms with Crippen molar-refractivity contribution in [3.05, 3.63) is 29.8 Å².